The molecule has 0 atom stereocenters. The van der Waals surface area contributed by atoms with Crippen LogP contribution in [0, 0.1) is 0 Å². The van der Waals surface area contributed by atoms with Crippen LogP contribution in [0.2, 0.25) is 0 Å². The number of nitrogens with zero attached hydrogens (tertiary/aromatic N) is 5. The Kier molecular flexibility index (Phi) is 4.49. The molecule has 0 unspecified atom stereocenters. The second-order valence-electron chi connectivity index (χ2n) is 12.0. The molecular formula is C40H23N5O. The zero-order valence-electron chi connectivity index (χ0n) is 24.4. The third-order valence-corrected chi connectivity index (χ3v) is 9.35. The third-order valence-electron chi connectivity index (χ3n) is 9.35. The molecule has 0 aliphatic rings. The Bertz CT molecular complexity index is 2830. The predicted octanol–water partition coefficient (Wildman–Crippen LogP) is 9.90. The van der Waals surface area contributed by atoms with Crippen molar-refractivity contribution in [3.63, 3.8) is 0 Å². The second-order valence-corrected chi connectivity index (χ2v) is 12.0. The number of aromatic nitrogens is 5. The molecule has 11 aromatic rings. The maximum atomic E-state index is 6.10. The highest BCUT2D eigenvalue weighted by molar-refractivity contribution is 6.08. The third kappa shape index (κ3) is 3.19. The van der Waals surface area contributed by atoms with Crippen molar-refractivity contribution in [3.05, 3.63) is 140 Å². The van der Waals surface area contributed by atoms with Crippen molar-refractivity contribution in [2.24, 2.45) is 0 Å². The Morgan fingerprint density at radius 3 is 1.41 bits per heavy atom. The summed E-state index contributed by atoms with van der Waals surface area (Å²) >= 11 is 0. The van der Waals surface area contributed by atoms with E-state index in [0.29, 0.717) is 0 Å². The van der Waals surface area contributed by atoms with Crippen molar-refractivity contribution in [3.8, 4) is 22.6 Å². The van der Waals surface area contributed by atoms with Crippen molar-refractivity contribution in [2.75, 3.05) is 0 Å². The first-order valence-electron chi connectivity index (χ1n) is 15.4. The standard InChI is InChI=1S/C40H23N5O/c1-2-12-30(13-3-1)46-31-16-14-24(15-17-31)29-22-36-38-37(23-29)44-35-21-28-11-7-5-9-26(28)19-33(35)42-40(44)45(38)39-41-32-18-25-8-4-6-10-27(25)20-34(32)43(36)39/h1-23H. The smallest absolute Gasteiger partial charge is 0.223 e. The van der Waals surface area contributed by atoms with Crippen LogP contribution in [-0.4, -0.2) is 23.2 Å². The van der Waals surface area contributed by atoms with E-state index >= 15 is 0 Å². The first kappa shape index (κ1) is 24.0. The molecule has 0 N–H and O–H groups in total. The molecule has 0 bridgehead atoms. The van der Waals surface area contributed by atoms with Crippen molar-refractivity contribution in [2.45, 2.75) is 0 Å². The number of fused-ring (bicyclic) bond motifs is 12. The highest BCUT2D eigenvalue weighted by Crippen LogP contribution is 2.39. The average molecular weight is 590 g/mol. The first-order chi connectivity index (χ1) is 22.8. The Balaban J connectivity index is 1.23. The second kappa shape index (κ2) is 8.61. The van der Waals surface area contributed by atoms with E-state index in [9.17, 15) is 0 Å². The van der Waals surface area contributed by atoms with Crippen LogP contribution >= 0.6 is 0 Å². The Morgan fingerprint density at radius 1 is 0.391 bits per heavy atom. The molecule has 0 aliphatic carbocycles. The van der Waals surface area contributed by atoms with Crippen molar-refractivity contribution in [1.29, 1.82) is 0 Å². The van der Waals surface area contributed by atoms with Gasteiger partial charge in [-0.1, -0.05) is 78.9 Å². The number of rotatable bonds is 3. The molecule has 0 spiro atoms. The van der Waals surface area contributed by atoms with E-state index in [1.807, 2.05) is 42.5 Å². The SMILES string of the molecule is c1ccc(Oc2ccc(-c3cc4c5c(c3)n3c6cc7ccccc7cc6nc3n5c3nc5cc6ccccc6cc5n43)cc2)cc1. The highest BCUT2D eigenvalue weighted by atomic mass is 16.5. The summed E-state index contributed by atoms with van der Waals surface area (Å²) in [6.45, 7) is 0. The first-order valence-corrected chi connectivity index (χ1v) is 15.4. The minimum absolute atomic E-state index is 0.802. The lowest BCUT2D eigenvalue weighted by Gasteiger charge is -2.08. The molecule has 7 aromatic carbocycles. The van der Waals surface area contributed by atoms with E-state index in [1.54, 1.807) is 0 Å². The van der Waals surface area contributed by atoms with Crippen molar-refractivity contribution >= 4 is 71.7 Å². The number of para-hydroxylation sites is 1. The molecule has 0 fully saturated rings. The summed E-state index contributed by atoms with van der Waals surface area (Å²) in [5, 5.41) is 4.75. The molecule has 4 aromatic heterocycles. The van der Waals surface area contributed by atoms with Crippen molar-refractivity contribution in [1.82, 2.24) is 23.2 Å². The van der Waals surface area contributed by atoms with Crippen LogP contribution in [0.1, 0.15) is 0 Å². The Hall–Kier alpha value is -6.40. The van der Waals surface area contributed by atoms with Gasteiger partial charge in [0.2, 0.25) is 11.6 Å². The molecule has 0 saturated carbocycles. The molecule has 4 heterocycles. The molecule has 6 heteroatoms. The molecule has 0 amide bonds. The predicted molar refractivity (Wildman–Crippen MR) is 186 cm³/mol. The van der Waals surface area contributed by atoms with Gasteiger partial charge in [0, 0.05) is 0 Å². The highest BCUT2D eigenvalue weighted by Gasteiger charge is 2.25. The average Bonchev–Trinajstić information content (AvgIpc) is 3.82. The maximum Gasteiger partial charge on any atom is 0.223 e. The van der Waals surface area contributed by atoms with Gasteiger partial charge in [0.15, 0.2) is 0 Å². The summed E-state index contributed by atoms with van der Waals surface area (Å²) in [5.41, 5.74) is 9.65. The zero-order valence-corrected chi connectivity index (χ0v) is 24.4. The van der Waals surface area contributed by atoms with E-state index in [2.05, 4.69) is 110 Å². The monoisotopic (exact) mass is 589 g/mol. The quantitative estimate of drug-likeness (QED) is 0.206. The van der Waals surface area contributed by atoms with Crippen LogP contribution in [0.4, 0.5) is 0 Å². The minimum Gasteiger partial charge on any atom is -0.457 e. The molecule has 0 aliphatic heterocycles. The summed E-state index contributed by atoms with van der Waals surface area (Å²) in [6, 6.07) is 48.7. The van der Waals surface area contributed by atoms with Crippen LogP contribution in [0.3, 0.4) is 0 Å². The summed E-state index contributed by atoms with van der Waals surface area (Å²) in [5.74, 6) is 3.35. The van der Waals surface area contributed by atoms with Gasteiger partial charge in [0.25, 0.3) is 0 Å². The van der Waals surface area contributed by atoms with E-state index in [4.69, 9.17) is 14.7 Å². The summed E-state index contributed by atoms with van der Waals surface area (Å²) < 4.78 is 12.9. The molecule has 0 saturated heterocycles. The van der Waals surface area contributed by atoms with Crippen LogP contribution in [-0.2, 0) is 0 Å². The van der Waals surface area contributed by atoms with Crippen molar-refractivity contribution < 1.29 is 4.74 Å². The van der Waals surface area contributed by atoms with Gasteiger partial charge in [0.1, 0.15) is 17.0 Å². The van der Waals surface area contributed by atoms with Crippen LogP contribution in [0.5, 0.6) is 11.5 Å². The fraction of sp³-hybridized carbons (Fsp3) is 0. The molecular weight excluding hydrogens is 566 g/mol. The van der Waals surface area contributed by atoms with Gasteiger partial charge < -0.3 is 4.74 Å². The minimum atomic E-state index is 0.802. The number of benzene rings is 7. The molecule has 6 nitrogen and oxygen atoms in total. The Morgan fingerprint density at radius 2 is 0.870 bits per heavy atom. The number of ether oxygens (including phenoxy) is 1. The van der Waals surface area contributed by atoms with Gasteiger partial charge in [-0.25, -0.2) is 14.4 Å². The van der Waals surface area contributed by atoms with Gasteiger partial charge >= 0.3 is 0 Å². The largest absolute Gasteiger partial charge is 0.457 e. The van der Waals surface area contributed by atoms with Gasteiger partial charge in [-0.2, -0.15) is 0 Å². The number of hydrogen-bond donors (Lipinski definition) is 0. The summed E-state index contributed by atoms with van der Waals surface area (Å²) in [4.78, 5) is 10.5. The molecule has 46 heavy (non-hydrogen) atoms. The lowest BCUT2D eigenvalue weighted by atomic mass is 10.0. The number of imidazole rings is 4. The zero-order chi connectivity index (χ0) is 29.9. The summed E-state index contributed by atoms with van der Waals surface area (Å²) in [6.07, 6.45) is 0. The lowest BCUT2D eigenvalue weighted by Crippen LogP contribution is -1.89. The van der Waals surface area contributed by atoms with Gasteiger partial charge in [0.05, 0.1) is 33.1 Å². The fourth-order valence-electron chi connectivity index (χ4n) is 7.25. The Labute approximate surface area is 261 Å². The molecule has 214 valence electrons. The molecule has 0 radical (unpaired) electrons. The topological polar surface area (TPSA) is 48.2 Å². The fourth-order valence-corrected chi connectivity index (χ4v) is 7.25. The van der Waals surface area contributed by atoms with Crippen LogP contribution in [0.15, 0.2) is 140 Å². The van der Waals surface area contributed by atoms with Gasteiger partial charge in [-0.3, -0.25) is 8.80 Å². The van der Waals surface area contributed by atoms with E-state index < -0.39 is 0 Å². The van der Waals surface area contributed by atoms with Gasteiger partial charge in [-0.05, 0) is 93.3 Å². The summed E-state index contributed by atoms with van der Waals surface area (Å²) in [7, 11) is 0. The van der Waals surface area contributed by atoms with Gasteiger partial charge in [-0.15, -0.1) is 0 Å². The lowest BCUT2D eigenvalue weighted by molar-refractivity contribution is 0.483. The number of hydrogen-bond acceptors (Lipinski definition) is 3. The van der Waals surface area contributed by atoms with E-state index in [-0.39, 0.29) is 0 Å². The maximum absolute atomic E-state index is 6.10. The van der Waals surface area contributed by atoms with Crippen LogP contribution < -0.4 is 4.74 Å². The van der Waals surface area contributed by atoms with E-state index in [1.165, 1.54) is 21.5 Å². The van der Waals surface area contributed by atoms with E-state index in [0.717, 1.165) is 72.8 Å². The normalized spacial score (nSPS) is 12.3. The molecule has 11 rings (SSSR count). The van der Waals surface area contributed by atoms with Crippen LogP contribution in [0.25, 0.3) is 82.8 Å².